The lowest BCUT2D eigenvalue weighted by Crippen LogP contribution is -2.46. The molecule has 0 fully saturated rings. The lowest BCUT2D eigenvalue weighted by molar-refractivity contribution is -0.121. The van der Waals surface area contributed by atoms with E-state index in [0.717, 1.165) is 0 Å². The smallest absolute Gasteiger partial charge is 0.294 e. The number of benzene rings is 1. The van der Waals surface area contributed by atoms with Crippen LogP contribution in [-0.2, 0) is 24.3 Å². The number of likely N-dealkylation sites (N-methyl/N-ethyl adjacent to an activating group) is 1. The highest BCUT2D eigenvalue weighted by Gasteiger charge is 2.36. The molecule has 11 heteroatoms. The summed E-state index contributed by atoms with van der Waals surface area (Å²) >= 11 is 5.85. The van der Waals surface area contributed by atoms with E-state index in [1.807, 2.05) is 0 Å². The minimum Gasteiger partial charge on any atom is -0.502 e. The Morgan fingerprint density at radius 1 is 1.12 bits per heavy atom. The van der Waals surface area contributed by atoms with Gasteiger partial charge in [-0.05, 0) is 37.0 Å². The fraction of sp³-hybridized carbons (Fsp3) is 0.391. The monoisotopic (exact) mass is 490 g/mol. The molecule has 0 spiro atoms. The second kappa shape index (κ2) is 9.46. The zero-order chi connectivity index (χ0) is 24.6. The summed E-state index contributed by atoms with van der Waals surface area (Å²) in [6.07, 6.45) is 1.37. The van der Waals surface area contributed by atoms with E-state index in [4.69, 9.17) is 11.6 Å². The molecule has 3 amide bonds. The number of aromatic nitrogens is 1. The van der Waals surface area contributed by atoms with Crippen LogP contribution in [0.25, 0.3) is 0 Å². The van der Waals surface area contributed by atoms with Gasteiger partial charge < -0.3 is 24.8 Å². The highest BCUT2D eigenvalue weighted by molar-refractivity contribution is 6.30. The molecular formula is C23H24ClFN4O5. The summed E-state index contributed by atoms with van der Waals surface area (Å²) < 4.78 is 14.7. The number of nitrogens with zero attached hydrogens (tertiary/aromatic N) is 3. The normalized spacial score (nSPS) is 16.0. The minimum absolute atomic E-state index is 0.0410. The Hall–Kier alpha value is -3.40. The Bertz CT molecular complexity index is 1240. The lowest BCUT2D eigenvalue weighted by atomic mass is 9.94. The number of halogens is 2. The Kier molecular flexibility index (Phi) is 6.60. The van der Waals surface area contributed by atoms with Crippen LogP contribution in [0.3, 0.4) is 0 Å². The van der Waals surface area contributed by atoms with Gasteiger partial charge in [-0.1, -0.05) is 17.7 Å². The van der Waals surface area contributed by atoms with Crippen molar-refractivity contribution >= 4 is 29.3 Å². The predicted molar refractivity (Wildman–Crippen MR) is 121 cm³/mol. The summed E-state index contributed by atoms with van der Waals surface area (Å²) in [6.45, 7) is 0.688. The predicted octanol–water partition coefficient (Wildman–Crippen LogP) is 1.53. The van der Waals surface area contributed by atoms with Crippen LogP contribution in [0, 0.1) is 5.82 Å². The van der Waals surface area contributed by atoms with Crippen molar-refractivity contribution < 1.29 is 23.9 Å². The van der Waals surface area contributed by atoms with Crippen molar-refractivity contribution in [3.63, 3.8) is 0 Å². The molecule has 0 atom stereocenters. The van der Waals surface area contributed by atoms with Gasteiger partial charge in [0.15, 0.2) is 5.75 Å². The number of aromatic hydroxyl groups is 1. The number of carbonyl (C=O) groups excluding carboxylic acids is 3. The molecule has 3 heterocycles. The summed E-state index contributed by atoms with van der Waals surface area (Å²) in [5.41, 5.74) is -0.101. The molecule has 34 heavy (non-hydrogen) atoms. The number of amides is 3. The maximum absolute atomic E-state index is 13.5. The number of fused-ring (bicyclic) bond motifs is 3. The number of nitrogens with one attached hydrogen (secondary N) is 1. The minimum atomic E-state index is -0.816. The van der Waals surface area contributed by atoms with Gasteiger partial charge in [-0.25, -0.2) is 4.39 Å². The van der Waals surface area contributed by atoms with E-state index >= 15 is 0 Å². The van der Waals surface area contributed by atoms with Crippen molar-refractivity contribution in [3.8, 4) is 5.75 Å². The first kappa shape index (κ1) is 23.7. The van der Waals surface area contributed by atoms with E-state index in [0.29, 0.717) is 30.5 Å². The summed E-state index contributed by atoms with van der Waals surface area (Å²) in [7, 11) is 1.47. The van der Waals surface area contributed by atoms with Crippen LogP contribution in [0.1, 0.15) is 44.8 Å². The average molecular weight is 491 g/mol. The topological polar surface area (TPSA) is 112 Å². The molecule has 180 valence electrons. The first-order valence-electron chi connectivity index (χ1n) is 10.9. The number of rotatable bonds is 4. The van der Waals surface area contributed by atoms with Gasteiger partial charge in [-0.2, -0.15) is 0 Å². The molecule has 0 radical (unpaired) electrons. The van der Waals surface area contributed by atoms with Crippen LogP contribution in [0.5, 0.6) is 5.75 Å². The van der Waals surface area contributed by atoms with Gasteiger partial charge in [0.05, 0.1) is 17.1 Å². The van der Waals surface area contributed by atoms with E-state index in [9.17, 15) is 28.7 Å². The standard InChI is InChI=1S/C23H24ClFN4O5/c1-26-17(30)12-27-7-2-3-8-29-19(22(27)33)14-6-9-28(21(32)18(14)20(31)23(29)34)11-13-4-5-16(25)15(24)10-13/h4-5,10,31H,2-3,6-9,11-12H2,1H3,(H,26,30). The second-order valence-corrected chi connectivity index (χ2v) is 8.75. The third-order valence-corrected chi connectivity index (χ3v) is 6.48. The van der Waals surface area contributed by atoms with E-state index in [2.05, 4.69) is 5.32 Å². The van der Waals surface area contributed by atoms with Gasteiger partial charge >= 0.3 is 0 Å². The van der Waals surface area contributed by atoms with Crippen molar-refractivity contribution in [2.75, 3.05) is 26.7 Å². The van der Waals surface area contributed by atoms with Crippen LogP contribution in [-0.4, -0.2) is 63.9 Å². The van der Waals surface area contributed by atoms with E-state index in [-0.39, 0.29) is 54.8 Å². The molecule has 4 rings (SSSR count). The molecule has 0 saturated carbocycles. The Morgan fingerprint density at radius 3 is 2.56 bits per heavy atom. The fourth-order valence-electron chi connectivity index (χ4n) is 4.44. The summed E-state index contributed by atoms with van der Waals surface area (Å²) in [5.74, 6) is -2.76. The Morgan fingerprint density at radius 2 is 1.85 bits per heavy atom. The molecule has 9 nitrogen and oxygen atoms in total. The maximum atomic E-state index is 13.5. The zero-order valence-corrected chi connectivity index (χ0v) is 19.3. The van der Waals surface area contributed by atoms with Gasteiger partial charge in [0.25, 0.3) is 17.4 Å². The molecule has 1 aromatic carbocycles. The Balaban J connectivity index is 1.76. The number of carbonyl (C=O) groups is 3. The summed E-state index contributed by atoms with van der Waals surface area (Å²) in [6, 6.07) is 4.11. The van der Waals surface area contributed by atoms with E-state index in [1.165, 1.54) is 39.6 Å². The molecular weight excluding hydrogens is 467 g/mol. The van der Waals surface area contributed by atoms with Gasteiger partial charge in [-0.3, -0.25) is 19.2 Å². The number of hydrogen-bond acceptors (Lipinski definition) is 5. The zero-order valence-electron chi connectivity index (χ0n) is 18.6. The van der Waals surface area contributed by atoms with Crippen LogP contribution in [0.4, 0.5) is 4.39 Å². The highest BCUT2D eigenvalue weighted by atomic mass is 35.5. The van der Waals surface area contributed by atoms with Crippen molar-refractivity contribution in [2.24, 2.45) is 0 Å². The number of hydrogen-bond donors (Lipinski definition) is 2. The quantitative estimate of drug-likeness (QED) is 0.675. The molecule has 2 aliphatic heterocycles. The molecule has 2 N–H and O–H groups in total. The van der Waals surface area contributed by atoms with E-state index in [1.54, 1.807) is 0 Å². The van der Waals surface area contributed by atoms with Crippen molar-refractivity contribution in [2.45, 2.75) is 32.4 Å². The van der Waals surface area contributed by atoms with E-state index < -0.39 is 28.9 Å². The van der Waals surface area contributed by atoms with Gasteiger partial charge in [0.2, 0.25) is 5.91 Å². The summed E-state index contributed by atoms with van der Waals surface area (Å²) in [4.78, 5) is 54.5. The third-order valence-electron chi connectivity index (χ3n) is 6.20. The summed E-state index contributed by atoms with van der Waals surface area (Å²) in [5, 5.41) is 13.1. The van der Waals surface area contributed by atoms with Gasteiger partial charge in [0.1, 0.15) is 11.5 Å². The van der Waals surface area contributed by atoms with Crippen LogP contribution < -0.4 is 10.9 Å². The van der Waals surface area contributed by atoms with Gasteiger partial charge in [0, 0.05) is 38.8 Å². The molecule has 0 unspecified atom stereocenters. The van der Waals surface area contributed by atoms with Crippen molar-refractivity contribution in [1.29, 1.82) is 0 Å². The highest BCUT2D eigenvalue weighted by Crippen LogP contribution is 2.30. The van der Waals surface area contributed by atoms with Gasteiger partial charge in [-0.15, -0.1) is 0 Å². The molecule has 0 saturated heterocycles. The average Bonchev–Trinajstić information content (AvgIpc) is 2.81. The molecule has 0 aliphatic carbocycles. The second-order valence-electron chi connectivity index (χ2n) is 8.34. The van der Waals surface area contributed by atoms with Crippen molar-refractivity contribution in [1.82, 2.24) is 19.7 Å². The van der Waals surface area contributed by atoms with Crippen LogP contribution in [0.2, 0.25) is 5.02 Å². The first-order valence-corrected chi connectivity index (χ1v) is 11.3. The number of pyridine rings is 1. The van der Waals surface area contributed by atoms with Crippen LogP contribution >= 0.6 is 11.6 Å². The van der Waals surface area contributed by atoms with Crippen molar-refractivity contribution in [3.05, 3.63) is 61.8 Å². The molecule has 0 bridgehead atoms. The molecule has 2 aromatic rings. The first-order chi connectivity index (χ1) is 16.2. The third kappa shape index (κ3) is 4.25. The SMILES string of the molecule is CNC(=O)CN1CCCCn2c(c3c(c(O)c2=O)C(=O)N(Cc2ccc(F)c(Cl)c2)CC3)C1=O. The largest absolute Gasteiger partial charge is 0.502 e. The molecule has 1 aromatic heterocycles. The lowest BCUT2D eigenvalue weighted by Gasteiger charge is -2.33. The maximum Gasteiger partial charge on any atom is 0.294 e. The van der Waals surface area contributed by atoms with Crippen LogP contribution in [0.15, 0.2) is 23.0 Å². The molecule has 2 aliphatic rings. The Labute approximate surface area is 199 Å². The fourth-order valence-corrected chi connectivity index (χ4v) is 4.64.